The highest BCUT2D eigenvalue weighted by atomic mass is 32.1. The monoisotopic (exact) mass is 205 g/mol. The van der Waals surface area contributed by atoms with Crippen molar-refractivity contribution in [3.63, 3.8) is 0 Å². The van der Waals surface area contributed by atoms with Crippen LogP contribution in [0.3, 0.4) is 0 Å². The molecule has 0 aliphatic heterocycles. The summed E-state index contributed by atoms with van der Waals surface area (Å²) in [6.45, 7) is 1.99. The summed E-state index contributed by atoms with van der Waals surface area (Å²) in [4.78, 5) is 4.10. The van der Waals surface area contributed by atoms with Gasteiger partial charge in [-0.25, -0.2) is 4.98 Å². The molecule has 2 rings (SSSR count). The molecule has 0 fully saturated rings. The molecular formula is C11H11NOS. The molecule has 1 aromatic carbocycles. The Morgan fingerprint density at radius 3 is 2.79 bits per heavy atom. The van der Waals surface area contributed by atoms with Crippen LogP contribution in [0.4, 0.5) is 0 Å². The van der Waals surface area contributed by atoms with Gasteiger partial charge in [-0.2, -0.15) is 0 Å². The minimum atomic E-state index is -0.595. The Morgan fingerprint density at radius 2 is 2.14 bits per heavy atom. The number of nitrogens with zero attached hydrogens (tertiary/aromatic N) is 1. The molecule has 14 heavy (non-hydrogen) atoms. The zero-order valence-electron chi connectivity index (χ0n) is 7.84. The number of hydrogen-bond donors (Lipinski definition) is 1. The van der Waals surface area contributed by atoms with Gasteiger partial charge in [0.1, 0.15) is 6.10 Å². The molecule has 0 saturated carbocycles. The Hall–Kier alpha value is -1.19. The van der Waals surface area contributed by atoms with Crippen molar-refractivity contribution in [2.45, 2.75) is 13.0 Å². The number of rotatable bonds is 2. The van der Waals surface area contributed by atoms with Crippen LogP contribution in [0.2, 0.25) is 0 Å². The van der Waals surface area contributed by atoms with Gasteiger partial charge >= 0.3 is 0 Å². The van der Waals surface area contributed by atoms with E-state index in [0.717, 1.165) is 16.8 Å². The molecule has 1 unspecified atom stereocenters. The molecule has 72 valence electrons. The predicted molar refractivity (Wildman–Crippen MR) is 57.4 cm³/mol. The van der Waals surface area contributed by atoms with Crippen molar-refractivity contribution in [2.24, 2.45) is 0 Å². The standard InChI is InChI=1S/C11H11NOS/c1-8-4-2-3-5-9(8)11(13)10-6-14-7-12-10/h2-7,11,13H,1H3. The summed E-state index contributed by atoms with van der Waals surface area (Å²) in [6.07, 6.45) is -0.595. The first-order chi connectivity index (χ1) is 6.79. The van der Waals surface area contributed by atoms with Crippen LogP contribution in [0.1, 0.15) is 22.9 Å². The number of aliphatic hydroxyl groups is 1. The SMILES string of the molecule is Cc1ccccc1C(O)c1cscn1. The van der Waals surface area contributed by atoms with Gasteiger partial charge in [0, 0.05) is 5.38 Å². The lowest BCUT2D eigenvalue weighted by Crippen LogP contribution is -2.01. The van der Waals surface area contributed by atoms with Crippen molar-refractivity contribution in [3.05, 3.63) is 52.0 Å². The Bertz CT molecular complexity index is 411. The molecule has 0 radical (unpaired) electrons. The molecule has 0 bridgehead atoms. The number of aliphatic hydroxyl groups excluding tert-OH is 1. The van der Waals surface area contributed by atoms with Gasteiger partial charge in [0.2, 0.25) is 0 Å². The second-order valence-electron chi connectivity index (χ2n) is 3.17. The van der Waals surface area contributed by atoms with Crippen molar-refractivity contribution in [1.29, 1.82) is 0 Å². The number of aryl methyl sites for hydroxylation is 1. The Morgan fingerprint density at radius 1 is 1.36 bits per heavy atom. The highest BCUT2D eigenvalue weighted by Gasteiger charge is 2.13. The first-order valence-corrected chi connectivity index (χ1v) is 5.35. The Labute approximate surface area is 86.9 Å². The van der Waals surface area contributed by atoms with E-state index >= 15 is 0 Å². The molecule has 2 nitrogen and oxygen atoms in total. The van der Waals surface area contributed by atoms with E-state index in [0.29, 0.717) is 0 Å². The fourth-order valence-electron chi connectivity index (χ4n) is 1.41. The Kier molecular flexibility index (Phi) is 2.61. The first kappa shape index (κ1) is 9.37. The molecule has 1 atom stereocenters. The maximum atomic E-state index is 10.0. The van der Waals surface area contributed by atoms with E-state index in [4.69, 9.17) is 0 Å². The molecule has 0 aliphatic carbocycles. The summed E-state index contributed by atoms with van der Waals surface area (Å²) in [6, 6.07) is 7.81. The molecule has 1 N–H and O–H groups in total. The highest BCUT2D eigenvalue weighted by Crippen LogP contribution is 2.23. The summed E-state index contributed by atoms with van der Waals surface area (Å²) in [5, 5.41) is 11.9. The summed E-state index contributed by atoms with van der Waals surface area (Å²) in [5.74, 6) is 0. The van der Waals surface area contributed by atoms with Gasteiger partial charge in [-0.15, -0.1) is 11.3 Å². The van der Waals surface area contributed by atoms with Crippen molar-refractivity contribution in [3.8, 4) is 0 Å². The maximum absolute atomic E-state index is 10.0. The quantitative estimate of drug-likeness (QED) is 0.817. The van der Waals surface area contributed by atoms with E-state index in [-0.39, 0.29) is 0 Å². The smallest absolute Gasteiger partial charge is 0.122 e. The zero-order chi connectivity index (χ0) is 9.97. The molecule has 0 amide bonds. The van der Waals surface area contributed by atoms with Crippen molar-refractivity contribution in [2.75, 3.05) is 0 Å². The third-order valence-electron chi connectivity index (χ3n) is 2.21. The topological polar surface area (TPSA) is 33.1 Å². The number of aromatic nitrogens is 1. The van der Waals surface area contributed by atoms with Crippen molar-refractivity contribution >= 4 is 11.3 Å². The molecule has 1 aromatic heterocycles. The van der Waals surface area contributed by atoms with Gasteiger partial charge < -0.3 is 5.11 Å². The summed E-state index contributed by atoms with van der Waals surface area (Å²) in [5.41, 5.74) is 4.48. The van der Waals surface area contributed by atoms with E-state index in [1.165, 1.54) is 11.3 Å². The van der Waals surface area contributed by atoms with E-state index in [2.05, 4.69) is 4.98 Å². The van der Waals surface area contributed by atoms with Crippen molar-refractivity contribution in [1.82, 2.24) is 4.98 Å². The minimum Gasteiger partial charge on any atom is -0.382 e. The van der Waals surface area contributed by atoms with Crippen LogP contribution in [0.25, 0.3) is 0 Å². The van der Waals surface area contributed by atoms with Crippen LogP contribution in [0.5, 0.6) is 0 Å². The van der Waals surface area contributed by atoms with Gasteiger partial charge in [0.25, 0.3) is 0 Å². The summed E-state index contributed by atoms with van der Waals surface area (Å²) in [7, 11) is 0. The van der Waals surface area contributed by atoms with Crippen LogP contribution < -0.4 is 0 Å². The molecule has 0 saturated heterocycles. The fraction of sp³-hybridized carbons (Fsp3) is 0.182. The van der Waals surface area contributed by atoms with Crippen LogP contribution in [0.15, 0.2) is 35.2 Å². The first-order valence-electron chi connectivity index (χ1n) is 4.40. The maximum Gasteiger partial charge on any atom is 0.122 e. The lowest BCUT2D eigenvalue weighted by atomic mass is 10.0. The van der Waals surface area contributed by atoms with Crippen LogP contribution in [-0.4, -0.2) is 10.1 Å². The third kappa shape index (κ3) is 1.69. The van der Waals surface area contributed by atoms with E-state index < -0.39 is 6.10 Å². The van der Waals surface area contributed by atoms with Gasteiger partial charge in [-0.3, -0.25) is 0 Å². The van der Waals surface area contributed by atoms with Gasteiger partial charge in [-0.05, 0) is 18.1 Å². The van der Waals surface area contributed by atoms with E-state index in [1.54, 1.807) is 5.51 Å². The van der Waals surface area contributed by atoms with Gasteiger partial charge in [-0.1, -0.05) is 24.3 Å². The third-order valence-corrected chi connectivity index (χ3v) is 2.82. The largest absolute Gasteiger partial charge is 0.382 e. The van der Waals surface area contributed by atoms with E-state index in [1.807, 2.05) is 36.6 Å². The molecule has 3 heteroatoms. The van der Waals surface area contributed by atoms with Crippen LogP contribution in [0, 0.1) is 6.92 Å². The van der Waals surface area contributed by atoms with Crippen molar-refractivity contribution < 1.29 is 5.11 Å². The Balaban J connectivity index is 2.37. The number of thiazole rings is 1. The zero-order valence-corrected chi connectivity index (χ0v) is 8.66. The lowest BCUT2D eigenvalue weighted by molar-refractivity contribution is 0.215. The highest BCUT2D eigenvalue weighted by molar-refractivity contribution is 7.07. The fourth-order valence-corrected chi connectivity index (χ4v) is 1.98. The van der Waals surface area contributed by atoms with E-state index in [9.17, 15) is 5.11 Å². The average Bonchev–Trinajstić information content (AvgIpc) is 2.70. The number of hydrogen-bond acceptors (Lipinski definition) is 3. The second kappa shape index (κ2) is 3.90. The van der Waals surface area contributed by atoms with Gasteiger partial charge in [0.15, 0.2) is 0 Å². The normalized spacial score (nSPS) is 12.7. The van der Waals surface area contributed by atoms with Gasteiger partial charge in [0.05, 0.1) is 11.2 Å². The second-order valence-corrected chi connectivity index (χ2v) is 3.89. The van der Waals surface area contributed by atoms with Crippen LogP contribution >= 0.6 is 11.3 Å². The molecule has 2 aromatic rings. The summed E-state index contributed by atoms with van der Waals surface area (Å²) < 4.78 is 0. The minimum absolute atomic E-state index is 0.595. The molecule has 1 heterocycles. The average molecular weight is 205 g/mol. The molecular weight excluding hydrogens is 194 g/mol. The molecule has 0 spiro atoms. The van der Waals surface area contributed by atoms with Crippen LogP contribution in [-0.2, 0) is 0 Å². The number of benzene rings is 1. The predicted octanol–water partition coefficient (Wildman–Crippen LogP) is 2.53. The lowest BCUT2D eigenvalue weighted by Gasteiger charge is -2.10. The summed E-state index contributed by atoms with van der Waals surface area (Å²) >= 11 is 1.50. The molecule has 0 aliphatic rings.